The van der Waals surface area contributed by atoms with Crippen LogP contribution in [-0.2, 0) is 22.7 Å². The molecule has 1 atom stereocenters. The molecule has 36 heavy (non-hydrogen) atoms. The number of hydrogen-bond acceptors (Lipinski definition) is 5. The Hall–Kier alpha value is -2.69. The van der Waals surface area contributed by atoms with Crippen LogP contribution in [0.4, 0.5) is 0 Å². The van der Waals surface area contributed by atoms with Crippen molar-refractivity contribution in [3.63, 3.8) is 0 Å². The Morgan fingerprint density at radius 1 is 0.972 bits per heavy atom. The van der Waals surface area contributed by atoms with Gasteiger partial charge in [0, 0.05) is 5.56 Å². The first kappa shape index (κ1) is 29.5. The number of thioether (sulfide) groups is 1. The number of rotatable bonds is 12. The van der Waals surface area contributed by atoms with Crippen LogP contribution < -0.4 is 10.1 Å². The third-order valence-corrected chi connectivity index (χ3v) is 6.32. The number of carbonyl (C=O) groups is 2. The third kappa shape index (κ3) is 8.18. The Kier molecular flexibility index (Phi) is 12.1. The van der Waals surface area contributed by atoms with E-state index in [0.29, 0.717) is 31.0 Å². The first-order chi connectivity index (χ1) is 16.9. The maximum atomic E-state index is 13.2. The summed E-state index contributed by atoms with van der Waals surface area (Å²) >= 11 is 1.55. The zero-order chi connectivity index (χ0) is 25.2. The molecular formula is C28H32LiNO5S. The van der Waals surface area contributed by atoms with Crippen molar-refractivity contribution < 1.29 is 24.2 Å². The van der Waals surface area contributed by atoms with E-state index in [2.05, 4.69) is 5.32 Å². The summed E-state index contributed by atoms with van der Waals surface area (Å²) in [5.41, 5.74) is 5.09. The van der Waals surface area contributed by atoms with Crippen LogP contribution in [0.1, 0.15) is 33.5 Å². The molecule has 0 fully saturated rings. The number of methoxy groups -OCH3 is 1. The summed E-state index contributed by atoms with van der Waals surface area (Å²) < 4.78 is 11.1. The van der Waals surface area contributed by atoms with Gasteiger partial charge in [-0.25, -0.2) is 4.79 Å². The molecule has 6 nitrogen and oxygen atoms in total. The quantitative estimate of drug-likeness (QED) is 0.351. The standard InChI is InChI=1S/C28H31NO5S.Li.H/c1-19-6-4-5-7-23(19)25-16-21(18-34-17-20-8-11-22(33-2)12-9-20)10-13-24(25)27(30)29-26(28(31)32)14-15-35-3;;/h4-13,16,26H,14-15,17-18H2,1-3H3,(H,29,30)(H,31,32);;/t26-;;/m0../s1. The number of carbonyl (C=O) groups excluding carboxylic acids is 1. The molecule has 3 aromatic rings. The number of aliphatic carboxylic acids is 1. The summed E-state index contributed by atoms with van der Waals surface area (Å²) in [7, 11) is 1.63. The Morgan fingerprint density at radius 2 is 1.64 bits per heavy atom. The van der Waals surface area contributed by atoms with E-state index in [0.717, 1.165) is 33.6 Å². The number of aryl methyl sites for hydroxylation is 1. The summed E-state index contributed by atoms with van der Waals surface area (Å²) in [5, 5.41) is 12.2. The fourth-order valence-electron chi connectivity index (χ4n) is 3.71. The fourth-order valence-corrected chi connectivity index (χ4v) is 4.19. The summed E-state index contributed by atoms with van der Waals surface area (Å²) in [5.74, 6) is 0.00625. The molecule has 0 aliphatic heterocycles. The number of hydrogen-bond donors (Lipinski definition) is 2. The molecule has 186 valence electrons. The summed E-state index contributed by atoms with van der Waals surface area (Å²) in [6.07, 6.45) is 2.27. The molecule has 8 heteroatoms. The van der Waals surface area contributed by atoms with Crippen molar-refractivity contribution in [1.82, 2.24) is 5.32 Å². The molecule has 0 aromatic heterocycles. The molecule has 0 saturated heterocycles. The Labute approximate surface area is 229 Å². The summed E-state index contributed by atoms with van der Waals surface area (Å²) in [6, 6.07) is 20.1. The Balaban J connectivity index is 0.00000456. The monoisotopic (exact) mass is 501 g/mol. The number of amides is 1. The number of carboxylic acids is 1. The molecule has 0 aliphatic carbocycles. The number of benzene rings is 3. The summed E-state index contributed by atoms with van der Waals surface area (Å²) in [4.78, 5) is 24.8. The van der Waals surface area contributed by atoms with Gasteiger partial charge in [-0.2, -0.15) is 11.8 Å². The molecular weight excluding hydrogens is 469 g/mol. The van der Waals surface area contributed by atoms with E-state index in [4.69, 9.17) is 9.47 Å². The first-order valence-electron chi connectivity index (χ1n) is 11.3. The van der Waals surface area contributed by atoms with Gasteiger partial charge in [0.1, 0.15) is 11.8 Å². The van der Waals surface area contributed by atoms with Gasteiger partial charge in [-0.05, 0) is 77.4 Å². The SMILES string of the molecule is COc1ccc(COCc2ccc(C(=O)N[C@@H](CCSC)C(=O)O)c(-c3ccccc3C)c2)cc1.[LiH]. The minimum atomic E-state index is -1.03. The van der Waals surface area contributed by atoms with E-state index in [1.165, 1.54) is 0 Å². The minimum absolute atomic E-state index is 0. The average Bonchev–Trinajstić information content (AvgIpc) is 2.87. The van der Waals surface area contributed by atoms with Crippen molar-refractivity contribution in [2.24, 2.45) is 0 Å². The second-order valence-electron chi connectivity index (χ2n) is 8.18. The summed E-state index contributed by atoms with van der Waals surface area (Å²) in [6.45, 7) is 2.81. The van der Waals surface area contributed by atoms with Crippen LogP contribution in [0, 0.1) is 6.92 Å². The molecule has 3 aromatic carbocycles. The predicted octanol–water partition coefficient (Wildman–Crippen LogP) is 4.68. The molecule has 1 amide bonds. The van der Waals surface area contributed by atoms with Gasteiger partial charge in [-0.1, -0.05) is 42.5 Å². The van der Waals surface area contributed by atoms with Gasteiger partial charge < -0.3 is 19.9 Å². The zero-order valence-electron chi connectivity index (χ0n) is 20.2. The van der Waals surface area contributed by atoms with Crippen LogP contribution in [0.5, 0.6) is 5.75 Å². The molecule has 2 N–H and O–H groups in total. The van der Waals surface area contributed by atoms with Crippen LogP contribution in [-0.4, -0.2) is 61.0 Å². The van der Waals surface area contributed by atoms with Gasteiger partial charge >= 0.3 is 24.8 Å². The van der Waals surface area contributed by atoms with Gasteiger partial charge in [0.15, 0.2) is 0 Å². The van der Waals surface area contributed by atoms with E-state index >= 15 is 0 Å². The van der Waals surface area contributed by atoms with Crippen molar-refractivity contribution in [2.75, 3.05) is 19.1 Å². The number of carboxylic acid groups (broad SMARTS) is 1. The van der Waals surface area contributed by atoms with Crippen molar-refractivity contribution in [3.05, 3.63) is 89.0 Å². The first-order valence-corrected chi connectivity index (χ1v) is 12.7. The van der Waals surface area contributed by atoms with Gasteiger partial charge in [-0.15, -0.1) is 0 Å². The Morgan fingerprint density at radius 3 is 2.28 bits per heavy atom. The van der Waals surface area contributed by atoms with E-state index in [-0.39, 0.29) is 18.9 Å². The second-order valence-corrected chi connectivity index (χ2v) is 9.17. The molecule has 0 heterocycles. The molecule has 0 bridgehead atoms. The number of ether oxygens (including phenoxy) is 2. The zero-order valence-corrected chi connectivity index (χ0v) is 21.1. The molecule has 0 radical (unpaired) electrons. The molecule has 0 spiro atoms. The second kappa shape index (κ2) is 14.8. The van der Waals surface area contributed by atoms with Crippen molar-refractivity contribution in [3.8, 4) is 16.9 Å². The predicted molar refractivity (Wildman–Crippen MR) is 147 cm³/mol. The Bertz CT molecular complexity index is 1150. The van der Waals surface area contributed by atoms with E-state index in [9.17, 15) is 14.7 Å². The average molecular weight is 502 g/mol. The topological polar surface area (TPSA) is 84.9 Å². The third-order valence-electron chi connectivity index (χ3n) is 5.67. The molecule has 0 saturated carbocycles. The van der Waals surface area contributed by atoms with Crippen LogP contribution in [0.2, 0.25) is 0 Å². The van der Waals surface area contributed by atoms with Crippen LogP contribution in [0.25, 0.3) is 11.1 Å². The molecule has 3 rings (SSSR count). The molecule has 0 aliphatic rings. The van der Waals surface area contributed by atoms with Crippen LogP contribution in [0.15, 0.2) is 66.7 Å². The molecule has 0 unspecified atom stereocenters. The van der Waals surface area contributed by atoms with Gasteiger partial charge in [0.25, 0.3) is 5.91 Å². The van der Waals surface area contributed by atoms with E-state index in [1.807, 2.05) is 73.8 Å². The van der Waals surface area contributed by atoms with Crippen molar-refractivity contribution >= 4 is 42.5 Å². The van der Waals surface area contributed by atoms with Gasteiger partial charge in [-0.3, -0.25) is 4.79 Å². The van der Waals surface area contributed by atoms with Crippen LogP contribution >= 0.6 is 11.8 Å². The van der Waals surface area contributed by atoms with Crippen molar-refractivity contribution in [1.29, 1.82) is 0 Å². The maximum absolute atomic E-state index is 13.2. The van der Waals surface area contributed by atoms with Gasteiger partial charge in [0.05, 0.1) is 20.3 Å². The fraction of sp³-hybridized carbons (Fsp3) is 0.286. The van der Waals surface area contributed by atoms with Crippen LogP contribution in [0.3, 0.4) is 0 Å². The number of nitrogens with one attached hydrogen (secondary N) is 1. The van der Waals surface area contributed by atoms with E-state index < -0.39 is 17.9 Å². The normalized spacial score (nSPS) is 11.3. The van der Waals surface area contributed by atoms with Gasteiger partial charge in [0.2, 0.25) is 0 Å². The van der Waals surface area contributed by atoms with Crippen molar-refractivity contribution in [2.45, 2.75) is 32.6 Å². The van der Waals surface area contributed by atoms with E-state index in [1.54, 1.807) is 24.9 Å².